The lowest BCUT2D eigenvalue weighted by molar-refractivity contribution is -0.148. The van der Waals surface area contributed by atoms with Crippen LogP contribution in [0, 0.1) is 11.8 Å². The summed E-state index contributed by atoms with van der Waals surface area (Å²) in [5, 5.41) is 14.4. The Morgan fingerprint density at radius 1 is 1.18 bits per heavy atom. The van der Waals surface area contributed by atoms with E-state index >= 15 is 0 Å². The predicted molar refractivity (Wildman–Crippen MR) is 104 cm³/mol. The van der Waals surface area contributed by atoms with Crippen LogP contribution in [0.25, 0.3) is 0 Å². The van der Waals surface area contributed by atoms with Crippen molar-refractivity contribution in [1.82, 2.24) is 15.5 Å². The zero-order valence-electron chi connectivity index (χ0n) is 17.2. The molecule has 1 saturated heterocycles. The van der Waals surface area contributed by atoms with E-state index in [1.807, 2.05) is 27.7 Å². The highest BCUT2D eigenvalue weighted by atomic mass is 16.4. The van der Waals surface area contributed by atoms with Crippen LogP contribution in [0.4, 0.5) is 0 Å². The first-order valence-electron chi connectivity index (χ1n) is 9.94. The lowest BCUT2D eigenvalue weighted by atomic mass is 9.97. The molecule has 28 heavy (non-hydrogen) atoms. The second-order valence-electron chi connectivity index (χ2n) is 7.90. The van der Waals surface area contributed by atoms with E-state index in [0.717, 1.165) is 6.42 Å². The highest BCUT2D eigenvalue weighted by molar-refractivity contribution is 5.92. The number of nitrogens with zero attached hydrogens (tertiary/aromatic N) is 1. The van der Waals surface area contributed by atoms with Crippen molar-refractivity contribution in [2.24, 2.45) is 17.6 Å². The van der Waals surface area contributed by atoms with E-state index in [0.29, 0.717) is 25.8 Å². The van der Waals surface area contributed by atoms with Gasteiger partial charge in [0.2, 0.25) is 17.7 Å². The smallest absolute Gasteiger partial charge is 0.326 e. The molecule has 1 heterocycles. The fourth-order valence-electron chi connectivity index (χ4n) is 3.19. The van der Waals surface area contributed by atoms with Gasteiger partial charge in [-0.2, -0.15) is 0 Å². The number of carboxylic acid groups (broad SMARTS) is 1. The number of carbonyl (C=O) groups excluding carboxylic acids is 3. The molecule has 4 atom stereocenters. The number of hydrogen-bond acceptors (Lipinski definition) is 5. The maximum atomic E-state index is 12.6. The molecule has 0 spiro atoms. The van der Waals surface area contributed by atoms with Gasteiger partial charge in [-0.25, -0.2) is 4.79 Å². The van der Waals surface area contributed by atoms with Crippen LogP contribution in [0.5, 0.6) is 0 Å². The van der Waals surface area contributed by atoms with Crippen LogP contribution < -0.4 is 16.4 Å². The maximum Gasteiger partial charge on any atom is 0.326 e. The summed E-state index contributed by atoms with van der Waals surface area (Å²) >= 11 is 0. The van der Waals surface area contributed by atoms with Gasteiger partial charge in [0.05, 0.1) is 12.6 Å². The molecule has 160 valence electrons. The molecule has 4 unspecified atom stereocenters. The minimum Gasteiger partial charge on any atom is -0.480 e. The van der Waals surface area contributed by atoms with Crippen molar-refractivity contribution in [1.29, 1.82) is 0 Å². The molecule has 1 aliphatic heterocycles. The Morgan fingerprint density at radius 3 is 2.36 bits per heavy atom. The normalized spacial score (nSPS) is 19.8. The van der Waals surface area contributed by atoms with Crippen LogP contribution in [0.1, 0.15) is 53.4 Å². The largest absolute Gasteiger partial charge is 0.480 e. The Morgan fingerprint density at radius 2 is 1.82 bits per heavy atom. The molecule has 1 aliphatic rings. The van der Waals surface area contributed by atoms with Crippen molar-refractivity contribution >= 4 is 23.7 Å². The van der Waals surface area contributed by atoms with Crippen molar-refractivity contribution in [3.8, 4) is 0 Å². The molecular weight excluding hydrogens is 364 g/mol. The zero-order valence-corrected chi connectivity index (χ0v) is 17.2. The Kier molecular flexibility index (Phi) is 9.37. The van der Waals surface area contributed by atoms with Crippen molar-refractivity contribution in [3.05, 3.63) is 0 Å². The van der Waals surface area contributed by atoms with Gasteiger partial charge in [0.15, 0.2) is 0 Å². The number of likely N-dealkylation sites (tertiary alicyclic amines) is 1. The Bertz CT molecular complexity index is 581. The fourth-order valence-corrected chi connectivity index (χ4v) is 3.19. The van der Waals surface area contributed by atoms with Gasteiger partial charge in [0, 0.05) is 6.54 Å². The van der Waals surface area contributed by atoms with Crippen LogP contribution in [-0.4, -0.2) is 64.9 Å². The highest BCUT2D eigenvalue weighted by Gasteiger charge is 2.34. The quantitative estimate of drug-likeness (QED) is 0.411. The first-order valence-corrected chi connectivity index (χ1v) is 9.94. The van der Waals surface area contributed by atoms with E-state index in [9.17, 15) is 24.3 Å². The Hall–Kier alpha value is -2.16. The van der Waals surface area contributed by atoms with Gasteiger partial charge >= 0.3 is 5.97 Å². The molecule has 0 aromatic rings. The summed E-state index contributed by atoms with van der Waals surface area (Å²) in [6.45, 7) is 7.72. The van der Waals surface area contributed by atoms with Gasteiger partial charge in [0.25, 0.3) is 0 Å². The van der Waals surface area contributed by atoms with E-state index in [1.54, 1.807) is 0 Å². The Labute approximate surface area is 166 Å². The SMILES string of the molecule is CCC(C)C(N)C(=O)NC(CC(C)C)C(=O)NCC(=O)N1CCCC1C(=O)O. The summed E-state index contributed by atoms with van der Waals surface area (Å²) in [4.78, 5) is 49.7. The van der Waals surface area contributed by atoms with E-state index in [4.69, 9.17) is 5.73 Å². The lowest BCUT2D eigenvalue weighted by Gasteiger charge is -2.25. The zero-order chi connectivity index (χ0) is 21.4. The average molecular weight is 399 g/mol. The molecule has 3 amide bonds. The molecule has 1 rings (SSSR count). The van der Waals surface area contributed by atoms with Crippen molar-refractivity contribution in [2.45, 2.75) is 71.5 Å². The van der Waals surface area contributed by atoms with Crippen LogP contribution in [0.15, 0.2) is 0 Å². The van der Waals surface area contributed by atoms with Crippen LogP contribution in [0.2, 0.25) is 0 Å². The number of carbonyl (C=O) groups is 4. The van der Waals surface area contributed by atoms with Crippen molar-refractivity contribution in [3.63, 3.8) is 0 Å². The highest BCUT2D eigenvalue weighted by Crippen LogP contribution is 2.17. The number of nitrogens with two attached hydrogens (primary N) is 1. The third kappa shape index (κ3) is 6.78. The van der Waals surface area contributed by atoms with E-state index < -0.39 is 41.8 Å². The third-order valence-corrected chi connectivity index (χ3v) is 5.17. The topological polar surface area (TPSA) is 142 Å². The van der Waals surface area contributed by atoms with E-state index in [2.05, 4.69) is 10.6 Å². The summed E-state index contributed by atoms with van der Waals surface area (Å²) in [6.07, 6.45) is 2.18. The first-order chi connectivity index (χ1) is 13.1. The van der Waals surface area contributed by atoms with Gasteiger partial charge in [-0.15, -0.1) is 0 Å². The molecule has 1 fully saturated rings. The number of hydrogen-bond donors (Lipinski definition) is 4. The van der Waals surface area contributed by atoms with Gasteiger partial charge in [-0.3, -0.25) is 14.4 Å². The standard InChI is InChI=1S/C19H34N4O5/c1-5-12(4)16(20)18(26)22-13(9-11(2)3)17(25)21-10-15(24)23-8-6-7-14(23)19(27)28/h11-14,16H,5-10,20H2,1-4H3,(H,21,25)(H,22,26)(H,27,28). The molecule has 0 aliphatic carbocycles. The molecule has 0 bridgehead atoms. The second-order valence-corrected chi connectivity index (χ2v) is 7.90. The number of nitrogens with one attached hydrogen (secondary N) is 2. The summed E-state index contributed by atoms with van der Waals surface area (Å²) < 4.78 is 0. The van der Waals surface area contributed by atoms with Crippen LogP contribution in [-0.2, 0) is 19.2 Å². The molecule has 0 aromatic carbocycles. The Balaban J connectivity index is 2.68. The number of aliphatic carboxylic acids is 1. The summed E-state index contributed by atoms with van der Waals surface area (Å²) in [7, 11) is 0. The molecule has 9 nitrogen and oxygen atoms in total. The lowest BCUT2D eigenvalue weighted by Crippen LogP contribution is -2.54. The second kappa shape index (κ2) is 11.0. The maximum absolute atomic E-state index is 12.6. The number of rotatable bonds is 10. The molecule has 5 N–H and O–H groups in total. The molecule has 9 heteroatoms. The minimum absolute atomic E-state index is 0.0209. The van der Waals surface area contributed by atoms with E-state index in [1.165, 1.54) is 4.90 Å². The van der Waals surface area contributed by atoms with Gasteiger partial charge in [-0.1, -0.05) is 34.1 Å². The first kappa shape index (κ1) is 23.9. The van der Waals surface area contributed by atoms with Crippen LogP contribution >= 0.6 is 0 Å². The molecule has 0 radical (unpaired) electrons. The minimum atomic E-state index is -1.04. The van der Waals surface area contributed by atoms with Gasteiger partial charge in [0.1, 0.15) is 12.1 Å². The predicted octanol–water partition coefficient (Wildman–Crippen LogP) is 0.0825. The molecule has 0 saturated carbocycles. The van der Waals surface area contributed by atoms with Gasteiger partial charge in [-0.05, 0) is 31.1 Å². The molecular formula is C19H34N4O5. The van der Waals surface area contributed by atoms with Gasteiger partial charge < -0.3 is 26.4 Å². The average Bonchev–Trinajstić information content (AvgIpc) is 3.13. The number of carboxylic acids is 1. The van der Waals surface area contributed by atoms with Crippen LogP contribution in [0.3, 0.4) is 0 Å². The monoisotopic (exact) mass is 398 g/mol. The number of amides is 3. The molecule has 0 aromatic heterocycles. The van der Waals surface area contributed by atoms with Crippen molar-refractivity contribution < 1.29 is 24.3 Å². The van der Waals surface area contributed by atoms with E-state index in [-0.39, 0.29) is 18.4 Å². The summed E-state index contributed by atoms with van der Waals surface area (Å²) in [6, 6.07) is -2.36. The van der Waals surface area contributed by atoms with Crippen molar-refractivity contribution in [2.75, 3.05) is 13.1 Å². The third-order valence-electron chi connectivity index (χ3n) is 5.17. The summed E-state index contributed by atoms with van der Waals surface area (Å²) in [5.41, 5.74) is 5.94. The fraction of sp³-hybridized carbons (Fsp3) is 0.789. The summed E-state index contributed by atoms with van der Waals surface area (Å²) in [5.74, 6) is -2.23.